The molecule has 0 radical (unpaired) electrons. The van der Waals surface area contributed by atoms with Crippen LogP contribution in [0.25, 0.3) is 0 Å². The highest BCUT2D eigenvalue weighted by atomic mass is 16.7. The number of hydrogen-bond acceptors (Lipinski definition) is 20. The van der Waals surface area contributed by atoms with Crippen LogP contribution in [-0.4, -0.2) is 197 Å². The molecule has 1 saturated heterocycles. The van der Waals surface area contributed by atoms with Crippen molar-refractivity contribution in [1.29, 1.82) is 0 Å². The molecule has 6 rings (SSSR count). The van der Waals surface area contributed by atoms with Crippen LogP contribution >= 0.6 is 0 Å². The fraction of sp³-hybridized carbons (Fsp3) is 0.685. The summed E-state index contributed by atoms with van der Waals surface area (Å²) in [7, 11) is 1.31. The van der Waals surface area contributed by atoms with Gasteiger partial charge in [-0.2, -0.15) is 0 Å². The number of methoxy groups -OCH3 is 1. The predicted octanol–water partition coefficient (Wildman–Crippen LogP) is 2.67. The molecule has 424 valence electrons. The van der Waals surface area contributed by atoms with Gasteiger partial charge < -0.3 is 83.5 Å². The van der Waals surface area contributed by atoms with Crippen LogP contribution in [0.15, 0.2) is 18.2 Å². The standard InChI is InChI=1S/C54H78N2O20/c1-34-49(61)38(30-44(75-34)76-40-32-54(66,41(58)33-57)31-37-46(40)53(65)48-47(51(37)63)50(62)36-12-9-13-39(67-2)45(36)52(48)64)56-43(60)15-17-69-19-21-71-23-25-73-27-29-74-28-26-72-24-22-70-20-18-68-16-14-42(59)55-35-10-7-5-3-4-6-8-11-35/h9,12-13,34-35,38,40,44,49,57,61,63,65-66H,3-8,10-11,14-33H2,1-2H3,(H,55,59)(H,56,60)/t34?,38?,40-,44?,49?,54-/m0/s1. The van der Waals surface area contributed by atoms with E-state index in [1.165, 1.54) is 70.8 Å². The lowest BCUT2D eigenvalue weighted by molar-refractivity contribution is -0.249. The van der Waals surface area contributed by atoms with Crippen LogP contribution in [0.2, 0.25) is 0 Å². The normalized spacial score (nSPS) is 22.9. The Morgan fingerprint density at radius 1 is 0.684 bits per heavy atom. The number of carbonyl (C=O) groups is 5. The SMILES string of the molecule is COc1cccc2c1C(=O)c1c(O)c3c(c(O)c1C2=O)C[C@@](O)(C(=O)CO)C[C@@H]3OC1CC(NC(=O)CCOCCOCCOCCOCCOCCOCCOCCC(=O)NC2CCCCCCCC2)C(O)C(C)O1. The first kappa shape index (κ1) is 60.5. The molecule has 2 amide bonds. The van der Waals surface area contributed by atoms with Gasteiger partial charge in [0.1, 0.15) is 35.6 Å². The summed E-state index contributed by atoms with van der Waals surface area (Å²) in [5.74, 6) is -4.48. The van der Waals surface area contributed by atoms with Crippen molar-refractivity contribution in [1.82, 2.24) is 10.6 Å². The van der Waals surface area contributed by atoms with Crippen molar-refractivity contribution in [2.45, 2.75) is 133 Å². The lowest BCUT2D eigenvalue weighted by atomic mass is 9.72. The van der Waals surface area contributed by atoms with Crippen molar-refractivity contribution in [2.75, 3.05) is 106 Å². The van der Waals surface area contributed by atoms with E-state index in [0.29, 0.717) is 79.1 Å². The largest absolute Gasteiger partial charge is 0.507 e. The Bertz CT molecular complexity index is 2220. The van der Waals surface area contributed by atoms with Gasteiger partial charge in [0, 0.05) is 54.8 Å². The molecule has 2 aromatic carbocycles. The lowest BCUT2D eigenvalue weighted by Gasteiger charge is -2.43. The number of ketones is 3. The molecule has 1 heterocycles. The molecule has 4 unspecified atom stereocenters. The summed E-state index contributed by atoms with van der Waals surface area (Å²) in [5.41, 5.74) is -4.06. The number of carbonyl (C=O) groups excluding carboxylic acids is 5. The minimum atomic E-state index is -2.35. The fourth-order valence-corrected chi connectivity index (χ4v) is 9.97. The lowest BCUT2D eigenvalue weighted by Crippen LogP contribution is -2.56. The summed E-state index contributed by atoms with van der Waals surface area (Å²) in [6, 6.07) is 3.69. The van der Waals surface area contributed by atoms with Crippen LogP contribution in [-0.2, 0) is 63.4 Å². The highest BCUT2D eigenvalue weighted by Gasteiger charge is 2.50. The summed E-state index contributed by atoms with van der Waals surface area (Å²) in [4.78, 5) is 66.1. The van der Waals surface area contributed by atoms with E-state index in [4.69, 9.17) is 47.4 Å². The predicted molar refractivity (Wildman–Crippen MR) is 270 cm³/mol. The minimum Gasteiger partial charge on any atom is -0.507 e. The third-order valence-corrected chi connectivity index (χ3v) is 14.0. The van der Waals surface area contributed by atoms with E-state index in [9.17, 15) is 49.5 Å². The Labute approximate surface area is 443 Å². The zero-order valence-corrected chi connectivity index (χ0v) is 43.9. The number of rotatable bonds is 31. The third kappa shape index (κ3) is 16.9. The Morgan fingerprint density at radius 3 is 1.71 bits per heavy atom. The van der Waals surface area contributed by atoms with Crippen LogP contribution in [0.3, 0.4) is 0 Å². The molecule has 0 bridgehead atoms. The van der Waals surface area contributed by atoms with Crippen molar-refractivity contribution >= 4 is 29.2 Å². The van der Waals surface area contributed by atoms with Crippen molar-refractivity contribution in [3.05, 3.63) is 51.6 Å². The monoisotopic (exact) mass is 1070 g/mol. The Kier molecular flexibility index (Phi) is 24.7. The molecule has 3 aliphatic carbocycles. The van der Waals surface area contributed by atoms with Gasteiger partial charge in [-0.05, 0) is 25.8 Å². The first-order valence-electron chi connectivity index (χ1n) is 26.6. The van der Waals surface area contributed by atoms with Crippen LogP contribution in [0.5, 0.6) is 17.2 Å². The number of hydrogen-bond donors (Lipinski definition) is 7. The second kappa shape index (κ2) is 31.0. The van der Waals surface area contributed by atoms with Crippen LogP contribution in [0.1, 0.15) is 133 Å². The molecule has 0 spiro atoms. The minimum absolute atomic E-state index is 0.0487. The summed E-state index contributed by atoms with van der Waals surface area (Å²) in [6.07, 6.45) is 3.71. The zero-order valence-electron chi connectivity index (χ0n) is 43.9. The third-order valence-electron chi connectivity index (χ3n) is 14.0. The highest BCUT2D eigenvalue weighted by molar-refractivity contribution is 6.31. The average molecular weight is 1080 g/mol. The number of aliphatic hydroxyl groups excluding tert-OH is 2. The topological polar surface area (TPSA) is 303 Å². The molecule has 1 aliphatic heterocycles. The van der Waals surface area contributed by atoms with E-state index in [0.717, 1.165) is 12.8 Å². The number of phenolic OH excluding ortho intramolecular Hbond substituents is 2. The van der Waals surface area contributed by atoms with Gasteiger partial charge in [-0.25, -0.2) is 0 Å². The molecule has 7 N–H and O–H groups in total. The van der Waals surface area contributed by atoms with Gasteiger partial charge in [-0.3, -0.25) is 24.0 Å². The van der Waals surface area contributed by atoms with E-state index >= 15 is 0 Å². The van der Waals surface area contributed by atoms with Crippen molar-refractivity contribution < 1.29 is 96.9 Å². The van der Waals surface area contributed by atoms with E-state index in [2.05, 4.69) is 10.6 Å². The molecule has 2 fully saturated rings. The van der Waals surface area contributed by atoms with Crippen LogP contribution < -0.4 is 15.4 Å². The molecule has 22 heteroatoms. The molecule has 22 nitrogen and oxygen atoms in total. The smallest absolute Gasteiger partial charge is 0.222 e. The maximum atomic E-state index is 14.0. The van der Waals surface area contributed by atoms with Gasteiger partial charge in [-0.1, -0.05) is 50.7 Å². The Morgan fingerprint density at radius 2 is 1.18 bits per heavy atom. The fourth-order valence-electron chi connectivity index (χ4n) is 9.97. The van der Waals surface area contributed by atoms with Crippen LogP contribution in [0, 0.1) is 0 Å². The molecular weight excluding hydrogens is 997 g/mol. The second-order valence-corrected chi connectivity index (χ2v) is 19.4. The maximum absolute atomic E-state index is 14.0. The van der Waals surface area contributed by atoms with E-state index < -0.39 is 102 Å². The number of amides is 2. The number of benzene rings is 2. The summed E-state index contributed by atoms with van der Waals surface area (Å²) >= 11 is 0. The number of nitrogens with one attached hydrogen (secondary N) is 2. The number of fused-ring (bicyclic) bond motifs is 3. The van der Waals surface area contributed by atoms with Crippen LogP contribution in [0.4, 0.5) is 0 Å². The van der Waals surface area contributed by atoms with E-state index in [1.807, 2.05) is 0 Å². The summed E-state index contributed by atoms with van der Waals surface area (Å²) in [5, 5.41) is 61.8. The molecule has 2 aromatic rings. The van der Waals surface area contributed by atoms with Gasteiger partial charge in [0.25, 0.3) is 0 Å². The number of ether oxygens (including phenoxy) is 10. The first-order chi connectivity index (χ1) is 36.8. The van der Waals surface area contributed by atoms with E-state index in [1.54, 1.807) is 0 Å². The highest BCUT2D eigenvalue weighted by Crippen LogP contribution is 2.52. The van der Waals surface area contributed by atoms with Gasteiger partial charge in [0.15, 0.2) is 17.9 Å². The number of aliphatic hydroxyl groups is 3. The second-order valence-electron chi connectivity index (χ2n) is 19.4. The number of aromatic hydroxyl groups is 2. The van der Waals surface area contributed by atoms with Crippen molar-refractivity contribution in [2.24, 2.45) is 0 Å². The molecule has 0 aromatic heterocycles. The van der Waals surface area contributed by atoms with Gasteiger partial charge in [0.05, 0.1) is 135 Å². The quantitative estimate of drug-likeness (QED) is 0.0360. The Hall–Kier alpha value is -4.69. The number of phenols is 2. The Balaban J connectivity index is 0.809. The maximum Gasteiger partial charge on any atom is 0.222 e. The van der Waals surface area contributed by atoms with Gasteiger partial charge in [-0.15, -0.1) is 0 Å². The van der Waals surface area contributed by atoms with Crippen molar-refractivity contribution in [3.8, 4) is 17.2 Å². The molecule has 4 aliphatic rings. The zero-order chi connectivity index (χ0) is 54.5. The molecular formula is C54H78N2O20. The summed E-state index contributed by atoms with van der Waals surface area (Å²) in [6.45, 7) is 5.32. The van der Waals surface area contributed by atoms with Crippen molar-refractivity contribution in [3.63, 3.8) is 0 Å². The first-order valence-corrected chi connectivity index (χ1v) is 26.6. The number of Topliss-reactive ketones (excluding diaryl/α,β-unsaturated/α-hetero) is 1. The van der Waals surface area contributed by atoms with Gasteiger partial charge >= 0.3 is 0 Å². The molecule has 1 saturated carbocycles. The van der Waals surface area contributed by atoms with Gasteiger partial charge in [0.2, 0.25) is 17.6 Å². The average Bonchev–Trinajstić information content (AvgIpc) is 3.53. The molecule has 6 atom stereocenters. The van der Waals surface area contributed by atoms with E-state index in [-0.39, 0.29) is 72.6 Å². The summed E-state index contributed by atoms with van der Waals surface area (Å²) < 4.78 is 56.3. The molecule has 76 heavy (non-hydrogen) atoms.